The fourth-order valence-electron chi connectivity index (χ4n) is 2.69. The lowest BCUT2D eigenvalue weighted by molar-refractivity contribution is -0.124. The number of nitrogens with one attached hydrogen (secondary N) is 1. The zero-order chi connectivity index (χ0) is 15.5. The molecule has 2 aromatic rings. The van der Waals surface area contributed by atoms with Gasteiger partial charge in [-0.1, -0.05) is 11.6 Å². The fourth-order valence-corrected chi connectivity index (χ4v) is 2.86. The highest BCUT2D eigenvalue weighted by molar-refractivity contribution is 6.30. The molecule has 1 aliphatic heterocycles. The number of aromatic nitrogens is 2. The summed E-state index contributed by atoms with van der Waals surface area (Å²) in [5.41, 5.74) is 7.61. The first kappa shape index (κ1) is 21.0. The quantitative estimate of drug-likeness (QED) is 0.831. The SMILES string of the molecule is Cl.Cl.NC(C(=O)NCc1cn2cc(Cl)ccc2n1)C1CCOCC1. The van der Waals surface area contributed by atoms with Crippen LogP contribution in [0.4, 0.5) is 0 Å². The maximum absolute atomic E-state index is 12.2. The average Bonchev–Trinajstić information content (AvgIpc) is 2.94. The Kier molecular flexibility index (Phi) is 8.26. The van der Waals surface area contributed by atoms with E-state index in [4.69, 9.17) is 22.1 Å². The predicted octanol–water partition coefficient (Wildman–Crippen LogP) is 2.20. The lowest BCUT2D eigenvalue weighted by atomic mass is 9.92. The molecule has 24 heavy (non-hydrogen) atoms. The number of carbonyl (C=O) groups excluding carboxylic acids is 1. The molecule has 0 aromatic carbocycles. The third-order valence-electron chi connectivity index (χ3n) is 3.99. The lowest BCUT2D eigenvalue weighted by Crippen LogP contribution is -2.46. The molecular weight excluding hydrogens is 375 g/mol. The van der Waals surface area contributed by atoms with Crippen molar-refractivity contribution in [2.75, 3.05) is 13.2 Å². The number of ether oxygens (including phenoxy) is 1. The van der Waals surface area contributed by atoms with Crippen molar-refractivity contribution in [3.05, 3.63) is 35.2 Å². The van der Waals surface area contributed by atoms with Crippen molar-refractivity contribution in [2.24, 2.45) is 11.7 Å². The summed E-state index contributed by atoms with van der Waals surface area (Å²) in [6.45, 7) is 1.72. The van der Waals surface area contributed by atoms with Gasteiger partial charge >= 0.3 is 0 Å². The highest BCUT2D eigenvalue weighted by Crippen LogP contribution is 2.17. The maximum atomic E-state index is 12.2. The van der Waals surface area contributed by atoms with Gasteiger partial charge in [0.05, 0.1) is 23.3 Å². The Hall–Kier alpha value is -1.05. The van der Waals surface area contributed by atoms with Gasteiger partial charge in [-0.3, -0.25) is 4.79 Å². The third-order valence-corrected chi connectivity index (χ3v) is 4.21. The van der Waals surface area contributed by atoms with Crippen LogP contribution in [0.25, 0.3) is 5.65 Å². The smallest absolute Gasteiger partial charge is 0.237 e. The second-order valence-electron chi connectivity index (χ2n) is 5.54. The summed E-state index contributed by atoms with van der Waals surface area (Å²) < 4.78 is 7.13. The monoisotopic (exact) mass is 394 g/mol. The largest absolute Gasteiger partial charge is 0.381 e. The van der Waals surface area contributed by atoms with E-state index in [0.717, 1.165) is 24.2 Å². The molecule has 0 bridgehead atoms. The standard InChI is InChI=1S/C15H19ClN4O2.2ClH/c16-11-1-2-13-19-12(9-20(13)8-11)7-18-15(21)14(17)10-3-5-22-6-4-10;;/h1-2,8-10,14H,3-7,17H2,(H,18,21);2*1H. The van der Waals surface area contributed by atoms with Crippen LogP contribution in [0, 0.1) is 5.92 Å². The van der Waals surface area contributed by atoms with Crippen LogP contribution in [-0.4, -0.2) is 34.5 Å². The van der Waals surface area contributed by atoms with Crippen molar-refractivity contribution in [2.45, 2.75) is 25.4 Å². The molecule has 0 spiro atoms. The minimum atomic E-state index is -0.490. The molecule has 3 N–H and O–H groups in total. The molecule has 1 aliphatic rings. The van der Waals surface area contributed by atoms with Gasteiger partial charge in [0.1, 0.15) is 5.65 Å². The zero-order valence-electron chi connectivity index (χ0n) is 13.0. The van der Waals surface area contributed by atoms with Crippen LogP contribution < -0.4 is 11.1 Å². The number of nitrogens with two attached hydrogens (primary N) is 1. The van der Waals surface area contributed by atoms with Crippen molar-refractivity contribution in [3.8, 4) is 0 Å². The number of imidazole rings is 1. The fraction of sp³-hybridized carbons (Fsp3) is 0.467. The summed E-state index contributed by atoms with van der Waals surface area (Å²) in [6, 6.07) is 3.13. The molecule has 9 heteroatoms. The van der Waals surface area contributed by atoms with Crippen molar-refractivity contribution < 1.29 is 9.53 Å². The van der Waals surface area contributed by atoms with Gasteiger partial charge in [0.2, 0.25) is 5.91 Å². The van der Waals surface area contributed by atoms with Crippen LogP contribution in [-0.2, 0) is 16.1 Å². The van der Waals surface area contributed by atoms with E-state index in [-0.39, 0.29) is 36.6 Å². The Labute approximate surface area is 157 Å². The van der Waals surface area contributed by atoms with Crippen LogP contribution in [0.2, 0.25) is 5.02 Å². The van der Waals surface area contributed by atoms with Crippen molar-refractivity contribution in [1.29, 1.82) is 0 Å². The molecule has 1 saturated heterocycles. The number of pyridine rings is 1. The van der Waals surface area contributed by atoms with E-state index in [1.54, 1.807) is 12.3 Å². The summed E-state index contributed by atoms with van der Waals surface area (Å²) in [5.74, 6) is 0.0515. The van der Waals surface area contributed by atoms with Gasteiger partial charge in [-0.05, 0) is 30.9 Å². The van der Waals surface area contributed by atoms with Gasteiger partial charge in [0.25, 0.3) is 0 Å². The van der Waals surface area contributed by atoms with Gasteiger partial charge < -0.3 is 20.2 Å². The lowest BCUT2D eigenvalue weighted by Gasteiger charge is -2.26. The van der Waals surface area contributed by atoms with Crippen LogP contribution in [0.15, 0.2) is 24.5 Å². The van der Waals surface area contributed by atoms with E-state index in [9.17, 15) is 4.79 Å². The number of amides is 1. The molecule has 0 aliphatic carbocycles. The molecule has 0 saturated carbocycles. The second kappa shape index (κ2) is 9.44. The van der Waals surface area contributed by atoms with Crippen LogP contribution >= 0.6 is 36.4 Å². The van der Waals surface area contributed by atoms with E-state index < -0.39 is 6.04 Å². The molecular formula is C15H21Cl3N4O2. The van der Waals surface area contributed by atoms with E-state index in [1.165, 1.54) is 0 Å². The van der Waals surface area contributed by atoms with Crippen LogP contribution in [0.3, 0.4) is 0 Å². The average molecular weight is 396 g/mol. The Morgan fingerprint density at radius 3 is 2.79 bits per heavy atom. The van der Waals surface area contributed by atoms with E-state index in [0.29, 0.717) is 24.8 Å². The Balaban J connectivity index is 0.00000144. The highest BCUT2D eigenvalue weighted by atomic mass is 35.5. The Morgan fingerprint density at radius 2 is 2.08 bits per heavy atom. The number of halogens is 3. The summed E-state index contributed by atoms with van der Waals surface area (Å²) >= 11 is 5.94. The molecule has 6 nitrogen and oxygen atoms in total. The molecule has 2 aromatic heterocycles. The van der Waals surface area contributed by atoms with Crippen LogP contribution in [0.5, 0.6) is 0 Å². The molecule has 1 atom stereocenters. The summed E-state index contributed by atoms with van der Waals surface area (Å²) in [4.78, 5) is 16.6. The van der Waals surface area contributed by atoms with E-state index in [1.807, 2.05) is 16.7 Å². The van der Waals surface area contributed by atoms with Gasteiger partial charge in [0, 0.05) is 25.6 Å². The van der Waals surface area contributed by atoms with Gasteiger partial charge in [-0.25, -0.2) is 4.98 Å². The zero-order valence-corrected chi connectivity index (χ0v) is 15.4. The molecule has 3 rings (SSSR count). The number of rotatable bonds is 4. The summed E-state index contributed by atoms with van der Waals surface area (Å²) in [5, 5.41) is 3.50. The number of nitrogens with zero attached hydrogens (tertiary/aromatic N) is 2. The first-order chi connectivity index (χ1) is 10.6. The molecule has 134 valence electrons. The van der Waals surface area contributed by atoms with Crippen LogP contribution in [0.1, 0.15) is 18.5 Å². The maximum Gasteiger partial charge on any atom is 0.237 e. The first-order valence-electron chi connectivity index (χ1n) is 7.37. The van der Waals surface area contributed by atoms with Gasteiger partial charge in [-0.15, -0.1) is 24.8 Å². The van der Waals surface area contributed by atoms with Crippen molar-refractivity contribution in [1.82, 2.24) is 14.7 Å². The number of carbonyl (C=O) groups is 1. The number of fused-ring (bicyclic) bond motifs is 1. The predicted molar refractivity (Wildman–Crippen MR) is 98.1 cm³/mol. The minimum absolute atomic E-state index is 0. The summed E-state index contributed by atoms with van der Waals surface area (Å²) in [7, 11) is 0. The van der Waals surface area contributed by atoms with Gasteiger partial charge in [0.15, 0.2) is 0 Å². The molecule has 1 fully saturated rings. The van der Waals surface area contributed by atoms with Gasteiger partial charge in [-0.2, -0.15) is 0 Å². The second-order valence-corrected chi connectivity index (χ2v) is 5.97. The topological polar surface area (TPSA) is 81.7 Å². The molecule has 1 amide bonds. The normalized spacial score (nSPS) is 16.1. The van der Waals surface area contributed by atoms with E-state index >= 15 is 0 Å². The molecule has 3 heterocycles. The highest BCUT2D eigenvalue weighted by Gasteiger charge is 2.26. The third kappa shape index (κ3) is 4.97. The Morgan fingerprint density at radius 1 is 1.38 bits per heavy atom. The van der Waals surface area contributed by atoms with Crippen molar-refractivity contribution >= 4 is 48.0 Å². The number of hydrogen-bond acceptors (Lipinski definition) is 4. The Bertz CT molecular complexity index is 674. The van der Waals surface area contributed by atoms with E-state index in [2.05, 4.69) is 10.3 Å². The molecule has 1 unspecified atom stereocenters. The number of hydrogen-bond donors (Lipinski definition) is 2. The first-order valence-corrected chi connectivity index (χ1v) is 7.75. The minimum Gasteiger partial charge on any atom is -0.381 e. The molecule has 0 radical (unpaired) electrons. The van der Waals surface area contributed by atoms with Crippen molar-refractivity contribution in [3.63, 3.8) is 0 Å². The summed E-state index contributed by atoms with van der Waals surface area (Å²) in [6.07, 6.45) is 5.30.